The van der Waals surface area contributed by atoms with Crippen molar-refractivity contribution in [3.8, 4) is 5.75 Å². The average Bonchev–Trinajstić information content (AvgIpc) is 2.17. The van der Waals surface area contributed by atoms with Gasteiger partial charge < -0.3 is 4.74 Å². The summed E-state index contributed by atoms with van der Waals surface area (Å²) in [5.41, 5.74) is 1.40. The molecule has 1 heterocycles. The van der Waals surface area contributed by atoms with Gasteiger partial charge in [-0.05, 0) is 11.6 Å². The third-order valence-corrected chi connectivity index (χ3v) is 2.22. The summed E-state index contributed by atoms with van der Waals surface area (Å²) in [4.78, 5) is 10.3. The summed E-state index contributed by atoms with van der Waals surface area (Å²) >= 11 is 0. The Hall–Kier alpha value is -1.84. The molecule has 4 nitrogen and oxygen atoms in total. The summed E-state index contributed by atoms with van der Waals surface area (Å²) in [6.07, 6.45) is 0.651. The predicted octanol–water partition coefficient (Wildman–Crippen LogP) is 2.39. The maximum absolute atomic E-state index is 10.7. The summed E-state index contributed by atoms with van der Waals surface area (Å²) in [6.45, 7) is 4.36. The van der Waals surface area contributed by atoms with Crippen LogP contribution in [-0.2, 0) is 0 Å². The lowest BCUT2D eigenvalue weighted by Gasteiger charge is -2.18. The van der Waals surface area contributed by atoms with Crippen molar-refractivity contribution in [1.82, 2.24) is 0 Å². The van der Waals surface area contributed by atoms with Gasteiger partial charge in [0, 0.05) is 12.5 Å². The van der Waals surface area contributed by atoms with Crippen molar-refractivity contribution in [3.05, 3.63) is 40.5 Å². The molecule has 0 saturated carbocycles. The van der Waals surface area contributed by atoms with Gasteiger partial charge in [0.2, 0.25) is 0 Å². The van der Waals surface area contributed by atoms with Crippen LogP contribution in [0.5, 0.6) is 5.75 Å². The minimum Gasteiger partial charge on any atom is -0.492 e. The van der Waals surface area contributed by atoms with Gasteiger partial charge >= 0.3 is 0 Å². The second-order valence-corrected chi connectivity index (χ2v) is 3.11. The largest absolute Gasteiger partial charge is 0.492 e. The molecule has 14 heavy (non-hydrogen) atoms. The van der Waals surface area contributed by atoms with Crippen molar-refractivity contribution in [1.29, 1.82) is 0 Å². The van der Waals surface area contributed by atoms with E-state index in [-0.39, 0.29) is 5.69 Å². The molecule has 0 amide bonds. The number of benzene rings is 1. The van der Waals surface area contributed by atoms with E-state index < -0.39 is 4.92 Å². The van der Waals surface area contributed by atoms with E-state index in [4.69, 9.17) is 4.74 Å². The molecule has 2 rings (SSSR count). The van der Waals surface area contributed by atoms with Gasteiger partial charge in [-0.3, -0.25) is 10.1 Å². The first-order chi connectivity index (χ1) is 6.70. The zero-order chi connectivity index (χ0) is 10.1. The van der Waals surface area contributed by atoms with E-state index in [2.05, 4.69) is 6.58 Å². The van der Waals surface area contributed by atoms with E-state index in [0.29, 0.717) is 24.3 Å². The Bertz CT molecular complexity index is 412. The highest BCUT2D eigenvalue weighted by Gasteiger charge is 2.23. The number of rotatable bonds is 1. The number of ether oxygens (including phenoxy) is 1. The number of fused-ring (bicyclic) bond motifs is 1. The SMILES string of the molecule is C=C1CCOc2cccc([N+](=O)[O-])c21. The molecule has 0 fully saturated rings. The van der Waals surface area contributed by atoms with Crippen molar-refractivity contribution in [3.63, 3.8) is 0 Å². The van der Waals surface area contributed by atoms with Crippen LogP contribution in [0.4, 0.5) is 5.69 Å². The van der Waals surface area contributed by atoms with E-state index in [0.717, 1.165) is 5.57 Å². The highest BCUT2D eigenvalue weighted by Crippen LogP contribution is 2.38. The molecule has 4 heteroatoms. The van der Waals surface area contributed by atoms with Gasteiger partial charge in [-0.2, -0.15) is 0 Å². The van der Waals surface area contributed by atoms with Gasteiger partial charge in [0.15, 0.2) is 0 Å². The third-order valence-electron chi connectivity index (χ3n) is 2.22. The fourth-order valence-corrected chi connectivity index (χ4v) is 1.56. The zero-order valence-electron chi connectivity index (χ0n) is 7.53. The summed E-state index contributed by atoms with van der Waals surface area (Å²) in [5.74, 6) is 0.565. The first kappa shape index (κ1) is 8.74. The van der Waals surface area contributed by atoms with E-state index in [9.17, 15) is 10.1 Å². The summed E-state index contributed by atoms with van der Waals surface area (Å²) < 4.78 is 5.32. The topological polar surface area (TPSA) is 52.4 Å². The van der Waals surface area contributed by atoms with Crippen LogP contribution >= 0.6 is 0 Å². The first-order valence-electron chi connectivity index (χ1n) is 4.28. The average molecular weight is 191 g/mol. The van der Waals surface area contributed by atoms with Gasteiger partial charge in [0.1, 0.15) is 5.75 Å². The number of nitro benzene ring substituents is 1. The molecule has 1 aliphatic heterocycles. The number of nitrogens with zero attached hydrogens (tertiary/aromatic N) is 1. The Morgan fingerprint density at radius 1 is 1.50 bits per heavy atom. The summed E-state index contributed by atoms with van der Waals surface area (Å²) in [7, 11) is 0. The number of hydrogen-bond acceptors (Lipinski definition) is 3. The monoisotopic (exact) mass is 191 g/mol. The molecule has 72 valence electrons. The molecule has 1 aliphatic rings. The van der Waals surface area contributed by atoms with Crippen LogP contribution < -0.4 is 4.74 Å². The van der Waals surface area contributed by atoms with Crippen molar-refractivity contribution in [2.75, 3.05) is 6.61 Å². The van der Waals surface area contributed by atoms with E-state index in [1.165, 1.54) is 6.07 Å². The van der Waals surface area contributed by atoms with Gasteiger partial charge in [0.25, 0.3) is 5.69 Å². The van der Waals surface area contributed by atoms with E-state index >= 15 is 0 Å². The van der Waals surface area contributed by atoms with Gasteiger partial charge in [-0.1, -0.05) is 12.6 Å². The van der Waals surface area contributed by atoms with E-state index in [1.54, 1.807) is 12.1 Å². The number of hydrogen-bond donors (Lipinski definition) is 0. The normalized spacial score (nSPS) is 14.4. The molecule has 0 radical (unpaired) electrons. The Balaban J connectivity index is 2.63. The zero-order valence-corrected chi connectivity index (χ0v) is 7.53. The molecule has 0 spiro atoms. The molecular formula is C10H9NO3. The molecule has 0 bridgehead atoms. The Morgan fingerprint density at radius 2 is 2.29 bits per heavy atom. The van der Waals surface area contributed by atoms with Crippen molar-refractivity contribution in [2.24, 2.45) is 0 Å². The molecule has 1 aromatic carbocycles. The Labute approximate surface area is 81.0 Å². The molecule has 0 aromatic heterocycles. The molecular weight excluding hydrogens is 182 g/mol. The van der Waals surface area contributed by atoms with Crippen molar-refractivity contribution < 1.29 is 9.66 Å². The van der Waals surface area contributed by atoms with Gasteiger partial charge in [-0.15, -0.1) is 0 Å². The van der Waals surface area contributed by atoms with Gasteiger partial charge in [-0.25, -0.2) is 0 Å². The van der Waals surface area contributed by atoms with Crippen LogP contribution in [-0.4, -0.2) is 11.5 Å². The quantitative estimate of drug-likeness (QED) is 0.505. The smallest absolute Gasteiger partial charge is 0.280 e. The fraction of sp³-hybridized carbons (Fsp3) is 0.200. The Morgan fingerprint density at radius 3 is 3.00 bits per heavy atom. The highest BCUT2D eigenvalue weighted by atomic mass is 16.6. The predicted molar refractivity (Wildman–Crippen MR) is 52.2 cm³/mol. The maximum atomic E-state index is 10.7. The second-order valence-electron chi connectivity index (χ2n) is 3.11. The first-order valence-corrected chi connectivity index (χ1v) is 4.28. The lowest BCUT2D eigenvalue weighted by molar-refractivity contribution is -0.385. The maximum Gasteiger partial charge on any atom is 0.280 e. The molecule has 0 atom stereocenters. The van der Waals surface area contributed by atoms with Crippen LogP contribution in [0.25, 0.3) is 5.57 Å². The minimum atomic E-state index is -0.404. The minimum absolute atomic E-state index is 0.0761. The standard InChI is InChI=1S/C10H9NO3/c1-7-5-6-14-9-4-2-3-8(10(7)9)11(12)13/h2-4H,1,5-6H2. The molecule has 1 aromatic rings. The van der Waals surface area contributed by atoms with Crippen LogP contribution in [0.2, 0.25) is 0 Å². The third kappa shape index (κ3) is 1.25. The van der Waals surface area contributed by atoms with E-state index in [1.807, 2.05) is 0 Å². The van der Waals surface area contributed by atoms with Crippen LogP contribution in [0.1, 0.15) is 12.0 Å². The summed E-state index contributed by atoms with van der Waals surface area (Å²) in [6, 6.07) is 4.82. The van der Waals surface area contributed by atoms with Gasteiger partial charge in [0.05, 0.1) is 17.1 Å². The second kappa shape index (κ2) is 3.14. The molecule has 0 unspecified atom stereocenters. The van der Waals surface area contributed by atoms with Crippen LogP contribution in [0.15, 0.2) is 24.8 Å². The lowest BCUT2D eigenvalue weighted by atomic mass is 10.00. The highest BCUT2D eigenvalue weighted by molar-refractivity contribution is 5.77. The molecule has 0 N–H and O–H groups in total. The van der Waals surface area contributed by atoms with Crippen LogP contribution in [0.3, 0.4) is 0 Å². The Kier molecular flexibility index (Phi) is 1.96. The molecule has 0 aliphatic carbocycles. The fourth-order valence-electron chi connectivity index (χ4n) is 1.56. The number of nitro groups is 1. The van der Waals surface area contributed by atoms with Crippen LogP contribution in [0, 0.1) is 10.1 Å². The molecule has 0 saturated heterocycles. The van der Waals surface area contributed by atoms with Crippen molar-refractivity contribution in [2.45, 2.75) is 6.42 Å². The summed E-state index contributed by atoms with van der Waals surface area (Å²) in [5, 5.41) is 10.7. The lowest BCUT2D eigenvalue weighted by Crippen LogP contribution is -2.08. The van der Waals surface area contributed by atoms with Crippen molar-refractivity contribution >= 4 is 11.3 Å².